The van der Waals surface area contributed by atoms with E-state index in [1.807, 2.05) is 0 Å². The van der Waals surface area contributed by atoms with Crippen molar-refractivity contribution >= 4 is 22.9 Å². The maximum atomic E-state index is 10.5. The zero-order valence-corrected chi connectivity index (χ0v) is 16.9. The van der Waals surface area contributed by atoms with Crippen molar-refractivity contribution < 1.29 is 20.1 Å². The van der Waals surface area contributed by atoms with Gasteiger partial charge in [0.1, 0.15) is 18.3 Å². The molecule has 10 heteroatoms. The molecule has 10 nitrogen and oxygen atoms in total. The van der Waals surface area contributed by atoms with Crippen LogP contribution in [0.4, 0.5) is 11.8 Å². The van der Waals surface area contributed by atoms with E-state index >= 15 is 0 Å². The van der Waals surface area contributed by atoms with E-state index in [0.29, 0.717) is 35.0 Å². The van der Waals surface area contributed by atoms with Crippen LogP contribution < -0.4 is 10.6 Å². The number of nitrogens with one attached hydrogen (secondary N) is 2. The van der Waals surface area contributed by atoms with Crippen LogP contribution in [0.2, 0.25) is 0 Å². The maximum Gasteiger partial charge on any atom is 0.227 e. The van der Waals surface area contributed by atoms with Crippen LogP contribution in [0.3, 0.4) is 0 Å². The van der Waals surface area contributed by atoms with Gasteiger partial charge in [0.15, 0.2) is 23.2 Å². The average Bonchev–Trinajstić information content (AvgIpc) is 3.52. The number of nitrogens with zero attached hydrogens (tertiary/aromatic N) is 4. The summed E-state index contributed by atoms with van der Waals surface area (Å²) in [6.45, 7) is -0.376. The van der Waals surface area contributed by atoms with Crippen molar-refractivity contribution in [1.29, 1.82) is 0 Å². The summed E-state index contributed by atoms with van der Waals surface area (Å²) < 4.78 is 7.33. The van der Waals surface area contributed by atoms with E-state index in [1.54, 1.807) is 10.9 Å². The summed E-state index contributed by atoms with van der Waals surface area (Å²) in [5.41, 5.74) is 1.14. The first-order valence-corrected chi connectivity index (χ1v) is 11.0. The third kappa shape index (κ3) is 3.62. The molecule has 0 aromatic carbocycles. The summed E-state index contributed by atoms with van der Waals surface area (Å²) in [5, 5.41) is 37.0. The Morgan fingerprint density at radius 3 is 2.27 bits per heavy atom. The summed E-state index contributed by atoms with van der Waals surface area (Å²) in [6, 6.07) is 0.716. The second-order valence-corrected chi connectivity index (χ2v) is 8.70. The number of hydrogen-bond donors (Lipinski definition) is 5. The van der Waals surface area contributed by atoms with Gasteiger partial charge in [-0.25, -0.2) is 4.98 Å². The van der Waals surface area contributed by atoms with Gasteiger partial charge in [-0.15, -0.1) is 0 Å². The highest BCUT2D eigenvalue weighted by Gasteiger charge is 2.44. The molecule has 2 aromatic heterocycles. The van der Waals surface area contributed by atoms with E-state index in [4.69, 9.17) is 14.7 Å². The predicted molar refractivity (Wildman–Crippen MR) is 110 cm³/mol. The highest BCUT2D eigenvalue weighted by molar-refractivity contribution is 5.84. The highest BCUT2D eigenvalue weighted by Crippen LogP contribution is 2.34. The lowest BCUT2D eigenvalue weighted by Crippen LogP contribution is -2.33. The fraction of sp³-hybridized carbons (Fsp3) is 0.750. The largest absolute Gasteiger partial charge is 0.394 e. The van der Waals surface area contributed by atoms with Crippen molar-refractivity contribution in [3.8, 4) is 0 Å². The Morgan fingerprint density at radius 2 is 1.63 bits per heavy atom. The van der Waals surface area contributed by atoms with Gasteiger partial charge in [0, 0.05) is 12.1 Å². The molecule has 0 bridgehead atoms. The van der Waals surface area contributed by atoms with Gasteiger partial charge in [0.2, 0.25) is 5.95 Å². The van der Waals surface area contributed by atoms with E-state index in [0.717, 1.165) is 25.7 Å². The van der Waals surface area contributed by atoms with E-state index in [9.17, 15) is 15.3 Å². The molecule has 5 N–H and O–H groups in total. The molecule has 3 fully saturated rings. The number of ether oxygens (including phenoxy) is 1. The molecule has 2 aliphatic carbocycles. The first kappa shape index (κ1) is 19.9. The molecule has 164 valence electrons. The Kier molecular flexibility index (Phi) is 5.48. The monoisotopic (exact) mass is 418 g/mol. The topological polar surface area (TPSA) is 138 Å². The quantitative estimate of drug-likeness (QED) is 0.468. The van der Waals surface area contributed by atoms with Crippen molar-refractivity contribution in [2.24, 2.45) is 0 Å². The van der Waals surface area contributed by atoms with Gasteiger partial charge in [-0.05, 0) is 25.7 Å². The average molecular weight is 418 g/mol. The smallest absolute Gasteiger partial charge is 0.227 e. The van der Waals surface area contributed by atoms with Gasteiger partial charge >= 0.3 is 0 Å². The number of aliphatic hydroxyl groups is 3. The van der Waals surface area contributed by atoms with Gasteiger partial charge in [-0.3, -0.25) is 4.57 Å². The zero-order chi connectivity index (χ0) is 20.7. The summed E-state index contributed by atoms with van der Waals surface area (Å²) in [6.07, 6.45) is 6.68. The fourth-order valence-corrected chi connectivity index (χ4v) is 4.89. The number of hydrogen-bond acceptors (Lipinski definition) is 9. The molecule has 2 saturated carbocycles. The Hall–Kier alpha value is -2.01. The molecule has 0 unspecified atom stereocenters. The van der Waals surface area contributed by atoms with Crippen LogP contribution in [0, 0.1) is 0 Å². The van der Waals surface area contributed by atoms with Gasteiger partial charge in [0.25, 0.3) is 0 Å². The maximum absolute atomic E-state index is 10.5. The first-order chi connectivity index (χ1) is 14.6. The van der Waals surface area contributed by atoms with Crippen LogP contribution in [0.1, 0.15) is 57.6 Å². The molecule has 3 heterocycles. The Morgan fingerprint density at radius 1 is 0.967 bits per heavy atom. The molecule has 4 atom stereocenters. The van der Waals surface area contributed by atoms with E-state index in [1.165, 1.54) is 25.7 Å². The predicted octanol–water partition coefficient (Wildman–Crippen LogP) is 1.15. The molecule has 0 radical (unpaired) electrons. The summed E-state index contributed by atoms with van der Waals surface area (Å²) in [4.78, 5) is 13.9. The van der Waals surface area contributed by atoms with E-state index < -0.39 is 24.5 Å². The zero-order valence-electron chi connectivity index (χ0n) is 16.9. The van der Waals surface area contributed by atoms with Crippen LogP contribution in [0.15, 0.2) is 6.33 Å². The fourth-order valence-electron chi connectivity index (χ4n) is 4.89. The molecule has 5 rings (SSSR count). The number of imidazole rings is 1. The Labute approximate surface area is 174 Å². The second kappa shape index (κ2) is 8.26. The third-order valence-electron chi connectivity index (χ3n) is 6.60. The third-order valence-corrected chi connectivity index (χ3v) is 6.60. The van der Waals surface area contributed by atoms with E-state index in [2.05, 4.69) is 15.6 Å². The first-order valence-electron chi connectivity index (χ1n) is 11.0. The molecular weight excluding hydrogens is 388 g/mol. The second-order valence-electron chi connectivity index (χ2n) is 8.70. The lowest BCUT2D eigenvalue weighted by Gasteiger charge is -2.19. The number of fused-ring (bicyclic) bond motifs is 1. The molecule has 2 aromatic rings. The van der Waals surface area contributed by atoms with Gasteiger partial charge in [0.05, 0.1) is 12.9 Å². The summed E-state index contributed by atoms with van der Waals surface area (Å²) in [5.74, 6) is 1.21. The van der Waals surface area contributed by atoms with Crippen LogP contribution >= 0.6 is 0 Å². The SMILES string of the molecule is OC[C@H]1O[C@@H](n2cnc3c(NC4CCCC4)nc(NC4CCCC4)nc32)[C@H](O)[C@@H]1O. The summed E-state index contributed by atoms with van der Waals surface area (Å²) >= 11 is 0. The van der Waals surface area contributed by atoms with Crippen molar-refractivity contribution in [2.75, 3.05) is 17.2 Å². The van der Waals surface area contributed by atoms with Crippen LogP contribution in [-0.4, -0.2) is 71.8 Å². The molecule has 1 aliphatic heterocycles. The van der Waals surface area contributed by atoms with Crippen molar-refractivity contribution in [3.63, 3.8) is 0 Å². The van der Waals surface area contributed by atoms with Gasteiger partial charge < -0.3 is 30.7 Å². The van der Waals surface area contributed by atoms with Crippen molar-refractivity contribution in [3.05, 3.63) is 6.33 Å². The Bertz CT molecular complexity index is 880. The lowest BCUT2D eigenvalue weighted by atomic mass is 10.1. The Balaban J connectivity index is 1.51. The van der Waals surface area contributed by atoms with Crippen LogP contribution in [-0.2, 0) is 4.74 Å². The molecule has 30 heavy (non-hydrogen) atoms. The van der Waals surface area contributed by atoms with E-state index in [-0.39, 0.29) is 6.61 Å². The number of anilines is 2. The van der Waals surface area contributed by atoms with Crippen LogP contribution in [0.25, 0.3) is 11.2 Å². The minimum Gasteiger partial charge on any atom is -0.394 e. The molecular formula is C20H30N6O4. The highest BCUT2D eigenvalue weighted by atomic mass is 16.6. The van der Waals surface area contributed by atoms with Crippen molar-refractivity contribution in [1.82, 2.24) is 19.5 Å². The minimum atomic E-state index is -1.19. The van der Waals surface area contributed by atoms with Gasteiger partial charge in [-0.2, -0.15) is 9.97 Å². The normalized spacial score (nSPS) is 30.5. The minimum absolute atomic E-state index is 0.354. The van der Waals surface area contributed by atoms with Crippen LogP contribution in [0.5, 0.6) is 0 Å². The number of rotatable bonds is 6. The molecule has 3 aliphatic rings. The molecule has 1 saturated heterocycles. The van der Waals surface area contributed by atoms with Crippen molar-refractivity contribution in [2.45, 2.75) is 88.0 Å². The lowest BCUT2D eigenvalue weighted by molar-refractivity contribution is -0.0511. The summed E-state index contributed by atoms with van der Waals surface area (Å²) in [7, 11) is 0. The van der Waals surface area contributed by atoms with Gasteiger partial charge in [-0.1, -0.05) is 25.7 Å². The standard InChI is InChI=1S/C20H30N6O4/c27-9-13-15(28)16(29)19(30-13)26-10-21-14-17(22-11-5-1-2-6-11)24-20(25-18(14)26)23-12-7-3-4-8-12/h10-13,15-16,19,27-29H,1-9H2,(H2,22,23,24,25)/t13-,15-,16-,19-/m1/s1. The number of aliphatic hydroxyl groups excluding tert-OH is 3. The molecule has 0 spiro atoms. The molecule has 0 amide bonds. The number of aromatic nitrogens is 4.